The van der Waals surface area contributed by atoms with Crippen molar-refractivity contribution in [2.45, 2.75) is 76.4 Å². The highest BCUT2D eigenvalue weighted by molar-refractivity contribution is 5.80. The number of methoxy groups -OCH3 is 1. The predicted octanol–water partition coefficient (Wildman–Crippen LogP) is 3.64. The summed E-state index contributed by atoms with van der Waals surface area (Å²) in [6.45, 7) is 16.7. The Kier molecular flexibility index (Phi) is 12.0. The van der Waals surface area contributed by atoms with Crippen LogP contribution in [-0.2, 0) is 19.0 Å². The van der Waals surface area contributed by atoms with Crippen LogP contribution < -0.4 is 5.32 Å². The molecule has 1 amide bonds. The smallest absolute Gasteiger partial charge is 0.224 e. The Labute approximate surface area is 237 Å². The van der Waals surface area contributed by atoms with E-state index in [1.807, 2.05) is 19.4 Å². The summed E-state index contributed by atoms with van der Waals surface area (Å²) < 4.78 is 17.3. The van der Waals surface area contributed by atoms with E-state index in [9.17, 15) is 4.79 Å². The molecule has 0 radical (unpaired) electrons. The minimum atomic E-state index is -0.115. The van der Waals surface area contributed by atoms with Gasteiger partial charge in [-0.15, -0.1) is 6.58 Å². The highest BCUT2D eigenvalue weighted by Crippen LogP contribution is 2.38. The van der Waals surface area contributed by atoms with Crippen molar-refractivity contribution < 1.29 is 19.0 Å². The van der Waals surface area contributed by atoms with Gasteiger partial charge < -0.3 is 24.4 Å². The molecular weight excluding hydrogens is 492 g/mol. The number of amides is 1. The summed E-state index contributed by atoms with van der Waals surface area (Å²) in [4.78, 5) is 20.7. The maximum Gasteiger partial charge on any atom is 0.224 e. The van der Waals surface area contributed by atoms with Gasteiger partial charge in [0.05, 0.1) is 37.2 Å². The molecule has 8 nitrogen and oxygen atoms in total. The fourth-order valence-electron chi connectivity index (χ4n) is 6.40. The first-order valence-electron chi connectivity index (χ1n) is 15.6. The molecule has 0 aromatic heterocycles. The van der Waals surface area contributed by atoms with E-state index in [0.717, 1.165) is 117 Å². The average molecular weight is 547 g/mol. The molecule has 3 unspecified atom stereocenters. The second-order valence-corrected chi connectivity index (χ2v) is 12.0. The quantitative estimate of drug-likeness (QED) is 0.191. The number of hydrogen-bond donors (Lipinski definition) is 1. The van der Waals surface area contributed by atoms with E-state index in [0.29, 0.717) is 5.92 Å². The number of morpholine rings is 1. The monoisotopic (exact) mass is 546 g/mol. The van der Waals surface area contributed by atoms with Gasteiger partial charge in [-0.2, -0.15) is 0 Å². The van der Waals surface area contributed by atoms with Crippen LogP contribution in [-0.4, -0.2) is 112 Å². The number of nitrogens with zero attached hydrogens (tertiary/aromatic N) is 3. The molecule has 2 saturated carbocycles. The average Bonchev–Trinajstić information content (AvgIpc) is 3.75. The minimum Gasteiger partial charge on any atom is -0.499 e. The number of carbonyl (C=O) groups is 1. The summed E-state index contributed by atoms with van der Waals surface area (Å²) in [5, 5.41) is 3.33. The molecule has 3 atom stereocenters. The van der Waals surface area contributed by atoms with E-state index in [4.69, 9.17) is 14.2 Å². The third-order valence-corrected chi connectivity index (χ3v) is 9.35. The van der Waals surface area contributed by atoms with Gasteiger partial charge >= 0.3 is 0 Å². The lowest BCUT2D eigenvalue weighted by Gasteiger charge is -2.41. The maximum absolute atomic E-state index is 13.2. The number of nitrogens with one attached hydrogen (secondary N) is 1. The summed E-state index contributed by atoms with van der Waals surface area (Å²) in [5.74, 6) is 0.855. The van der Waals surface area contributed by atoms with Crippen LogP contribution in [0.1, 0.15) is 64.7 Å². The van der Waals surface area contributed by atoms with Crippen LogP contribution in [0.5, 0.6) is 0 Å². The van der Waals surface area contributed by atoms with Crippen LogP contribution in [0.4, 0.5) is 0 Å². The van der Waals surface area contributed by atoms with Crippen molar-refractivity contribution >= 4 is 5.91 Å². The van der Waals surface area contributed by atoms with Gasteiger partial charge in [-0.05, 0) is 44.4 Å². The third-order valence-electron chi connectivity index (χ3n) is 9.35. The molecule has 2 saturated heterocycles. The van der Waals surface area contributed by atoms with E-state index < -0.39 is 0 Å². The number of ether oxygens (including phenoxy) is 3. The molecule has 4 aliphatic rings. The molecule has 0 bridgehead atoms. The molecule has 222 valence electrons. The molecule has 39 heavy (non-hydrogen) atoms. The van der Waals surface area contributed by atoms with Crippen molar-refractivity contribution in [3.63, 3.8) is 0 Å². The standard InChI is InChI=1S/C31H54N4O4/c1-4-28(37-3)23-27(25-39-20-8-13-33-18-21-38-22-19-33)35-16-14-34(15-17-35)24-26-9-6-7-10-29(26)30(36)32-31(5-2)11-12-31/h5,25-26,28-29H,2,4,6-24H2,1,3H3,(H,32,36)/b27-25+. The van der Waals surface area contributed by atoms with Crippen LogP contribution in [0.25, 0.3) is 0 Å². The molecule has 4 fully saturated rings. The Morgan fingerprint density at radius 3 is 2.51 bits per heavy atom. The zero-order valence-electron chi connectivity index (χ0n) is 24.7. The van der Waals surface area contributed by atoms with E-state index >= 15 is 0 Å². The zero-order chi connectivity index (χ0) is 27.5. The van der Waals surface area contributed by atoms with Crippen molar-refractivity contribution in [1.82, 2.24) is 20.0 Å². The van der Waals surface area contributed by atoms with Crippen LogP contribution >= 0.6 is 0 Å². The van der Waals surface area contributed by atoms with Gasteiger partial charge in [0.15, 0.2) is 0 Å². The minimum absolute atomic E-state index is 0.115. The van der Waals surface area contributed by atoms with Crippen molar-refractivity contribution in [1.29, 1.82) is 0 Å². The molecule has 2 aliphatic heterocycles. The highest BCUT2D eigenvalue weighted by Gasteiger charge is 2.43. The van der Waals surface area contributed by atoms with Crippen LogP contribution in [0, 0.1) is 11.8 Å². The first-order valence-corrected chi connectivity index (χ1v) is 15.6. The van der Waals surface area contributed by atoms with E-state index in [1.54, 1.807) is 0 Å². The predicted molar refractivity (Wildman–Crippen MR) is 155 cm³/mol. The Hall–Kier alpha value is -1.61. The lowest BCUT2D eigenvalue weighted by Crippen LogP contribution is -2.50. The topological polar surface area (TPSA) is 66.5 Å². The van der Waals surface area contributed by atoms with E-state index in [2.05, 4.69) is 33.5 Å². The number of hydrogen-bond acceptors (Lipinski definition) is 7. The summed E-state index contributed by atoms with van der Waals surface area (Å²) in [6.07, 6.45) is 13.7. The number of piperazine rings is 1. The highest BCUT2D eigenvalue weighted by atomic mass is 16.5. The van der Waals surface area contributed by atoms with Gasteiger partial charge in [0.1, 0.15) is 6.26 Å². The fraction of sp³-hybridized carbons (Fsp3) is 0.839. The van der Waals surface area contributed by atoms with Gasteiger partial charge in [-0.3, -0.25) is 14.6 Å². The molecule has 1 N–H and O–H groups in total. The first kappa shape index (κ1) is 30.4. The van der Waals surface area contributed by atoms with Crippen LogP contribution in [0.15, 0.2) is 24.6 Å². The van der Waals surface area contributed by atoms with Crippen molar-refractivity contribution in [2.24, 2.45) is 11.8 Å². The summed E-state index contributed by atoms with van der Waals surface area (Å²) in [6, 6.07) is 0. The largest absolute Gasteiger partial charge is 0.499 e. The van der Waals surface area contributed by atoms with Crippen molar-refractivity contribution in [3.8, 4) is 0 Å². The Bertz CT molecular complexity index is 783. The third kappa shape index (κ3) is 9.20. The Balaban J connectivity index is 1.25. The summed E-state index contributed by atoms with van der Waals surface area (Å²) >= 11 is 0. The molecule has 0 aromatic carbocycles. The molecule has 2 aliphatic carbocycles. The molecule has 0 aromatic rings. The number of carbonyl (C=O) groups excluding carboxylic acids is 1. The van der Waals surface area contributed by atoms with Crippen LogP contribution in [0.2, 0.25) is 0 Å². The molecule has 8 heteroatoms. The molecule has 4 rings (SSSR count). The lowest BCUT2D eigenvalue weighted by atomic mass is 9.78. The van der Waals surface area contributed by atoms with Crippen molar-refractivity contribution in [2.75, 3.05) is 79.3 Å². The Morgan fingerprint density at radius 2 is 1.85 bits per heavy atom. The van der Waals surface area contributed by atoms with Gasteiger partial charge in [-0.1, -0.05) is 25.8 Å². The lowest BCUT2D eigenvalue weighted by molar-refractivity contribution is -0.128. The number of rotatable bonds is 15. The van der Waals surface area contributed by atoms with Gasteiger partial charge in [0, 0.05) is 71.8 Å². The summed E-state index contributed by atoms with van der Waals surface area (Å²) in [7, 11) is 1.81. The zero-order valence-corrected chi connectivity index (χ0v) is 24.7. The molecule has 0 spiro atoms. The fourth-order valence-corrected chi connectivity index (χ4v) is 6.40. The van der Waals surface area contributed by atoms with Crippen LogP contribution in [0.3, 0.4) is 0 Å². The molecular formula is C31H54N4O4. The van der Waals surface area contributed by atoms with E-state index in [-0.39, 0.29) is 23.5 Å². The van der Waals surface area contributed by atoms with Gasteiger partial charge in [0.2, 0.25) is 5.91 Å². The normalized spacial score (nSPS) is 27.1. The first-order chi connectivity index (χ1) is 19.1. The Morgan fingerprint density at radius 1 is 1.10 bits per heavy atom. The second kappa shape index (κ2) is 15.4. The van der Waals surface area contributed by atoms with Gasteiger partial charge in [0.25, 0.3) is 0 Å². The maximum atomic E-state index is 13.2. The summed E-state index contributed by atoms with van der Waals surface area (Å²) in [5.41, 5.74) is 1.14. The van der Waals surface area contributed by atoms with Crippen molar-refractivity contribution in [3.05, 3.63) is 24.6 Å². The second-order valence-electron chi connectivity index (χ2n) is 12.0. The van der Waals surface area contributed by atoms with E-state index in [1.165, 1.54) is 18.5 Å². The SMILES string of the molecule is C=CC1(NC(=O)C2CCCCC2CN2CCN(/C(=C/OCCCN3CCOCC3)CC(CC)OC)CC2)CC1. The molecule has 2 heterocycles. The van der Waals surface area contributed by atoms with Gasteiger partial charge in [-0.25, -0.2) is 0 Å².